The Labute approximate surface area is 268 Å². The van der Waals surface area contributed by atoms with Gasteiger partial charge in [-0.3, -0.25) is 14.7 Å². The number of hydrogen-bond acceptors (Lipinski definition) is 13. The molecule has 0 rings (SSSR count). The van der Waals surface area contributed by atoms with E-state index in [1.807, 2.05) is 0 Å². The van der Waals surface area contributed by atoms with Crippen molar-refractivity contribution in [1.29, 1.82) is 0 Å². The van der Waals surface area contributed by atoms with Crippen molar-refractivity contribution in [3.8, 4) is 0 Å². The topological polar surface area (TPSA) is 210 Å². The van der Waals surface area contributed by atoms with Gasteiger partial charge in [0.25, 0.3) is 0 Å². The molecule has 16 heteroatoms. The first-order chi connectivity index (χ1) is 12.5. The molecule has 0 saturated heterocycles. The van der Waals surface area contributed by atoms with E-state index in [-0.39, 0.29) is 146 Å². The predicted molar refractivity (Wildman–Crippen MR) is 74.4 cm³/mol. The van der Waals surface area contributed by atoms with Gasteiger partial charge in [0, 0.05) is 58.9 Å². The van der Waals surface area contributed by atoms with Crippen molar-refractivity contribution in [2.24, 2.45) is 0 Å². The summed E-state index contributed by atoms with van der Waals surface area (Å²) in [4.78, 5) is 56.4. The Hall–Kier alpha value is 1.02. The van der Waals surface area contributed by atoms with Gasteiger partial charge in [-0.25, -0.2) is 0 Å². The van der Waals surface area contributed by atoms with Crippen LogP contribution in [0.25, 0.3) is 0 Å². The van der Waals surface area contributed by atoms with Gasteiger partial charge in [-0.15, -0.1) is 0 Å². The third kappa shape index (κ3) is 23.7. The van der Waals surface area contributed by atoms with Crippen molar-refractivity contribution in [1.82, 2.24) is 14.7 Å². The summed E-state index contributed by atoms with van der Waals surface area (Å²) in [6.07, 6.45) is 0. The molecule has 0 fully saturated rings. The average Bonchev–Trinajstić information content (AvgIpc) is 2.46. The van der Waals surface area contributed by atoms with Crippen LogP contribution < -0.4 is 128 Å². The van der Waals surface area contributed by atoms with Gasteiger partial charge in [0.2, 0.25) is 0 Å². The Morgan fingerprint density at radius 2 is 0.600 bits per heavy atom. The van der Waals surface area contributed by atoms with Crippen LogP contribution in [0.15, 0.2) is 0 Å². The van der Waals surface area contributed by atoms with E-state index in [1.54, 1.807) is 0 Å². The minimum absolute atomic E-state index is 0. The molecule has 13 nitrogen and oxygen atoms in total. The molecule has 0 saturated carbocycles. The number of carboxylic acids is 5. The molecule has 156 valence electrons. The Bertz CT molecular complexity index is 498. The fourth-order valence-corrected chi connectivity index (χ4v) is 2.18. The molecule has 0 radical (unpaired) electrons. The quantitative estimate of drug-likeness (QED) is 0.173. The molecule has 0 heterocycles. The summed E-state index contributed by atoms with van der Waals surface area (Å²) in [6.45, 7) is -4.16. The zero-order chi connectivity index (χ0) is 21.0. The second-order valence-electron chi connectivity index (χ2n) is 5.56. The van der Waals surface area contributed by atoms with Crippen LogP contribution in [-0.4, -0.2) is 103 Å². The maximum Gasteiger partial charge on any atom is 6.00 e. The van der Waals surface area contributed by atoms with E-state index in [0.717, 1.165) is 9.80 Å². The van der Waals surface area contributed by atoms with Crippen LogP contribution in [-0.2, 0) is 41.0 Å². The summed E-state index contributed by atoms with van der Waals surface area (Å²) in [6, 6.07) is 0. The van der Waals surface area contributed by atoms with Gasteiger partial charge in [-0.05, 0) is 0 Å². The van der Waals surface area contributed by atoms with Crippen LogP contribution in [0.3, 0.4) is 0 Å². The molecule has 0 unspecified atom stereocenters. The molecule has 0 aliphatic carbocycles. The van der Waals surface area contributed by atoms with Crippen molar-refractivity contribution in [3.05, 3.63) is 0 Å². The average molecular weight is 522 g/mol. The Morgan fingerprint density at radius 3 is 0.800 bits per heavy atom. The number of nitrogens with zero attached hydrogens (tertiary/aromatic N) is 3. The number of aliphatic carboxylic acids is 5. The molecule has 0 aromatic heterocycles. The van der Waals surface area contributed by atoms with Gasteiger partial charge in [-0.2, -0.15) is 0 Å². The first kappa shape index (κ1) is 38.3. The molecule has 0 aromatic rings. The molecule has 0 spiro atoms. The molecule has 0 N–H and O–H groups in total. The van der Waals surface area contributed by atoms with Crippen molar-refractivity contribution in [3.63, 3.8) is 0 Å². The number of rotatable bonds is 16. The fourth-order valence-electron chi connectivity index (χ4n) is 2.18. The van der Waals surface area contributed by atoms with Gasteiger partial charge in [0.05, 0.1) is 29.8 Å². The van der Waals surface area contributed by atoms with E-state index < -0.39 is 62.6 Å². The van der Waals surface area contributed by atoms with E-state index in [9.17, 15) is 49.5 Å². The van der Waals surface area contributed by atoms with E-state index in [2.05, 4.69) is 0 Å². The predicted octanol–water partition coefficient (Wildman–Crippen LogP) is -15.4. The number of carbonyl (C=O) groups excluding carboxylic acids is 5. The molecule has 0 amide bonds. The SMILES string of the molecule is O=C([O-])CN(CCN(CC(=O)[O-])CC(=O)[O-])CCN(CC(=O)[O-])CC(=O)[O-].[Fe+6].[K+].[K+]. The van der Waals surface area contributed by atoms with Crippen LogP contribution in [0.5, 0.6) is 0 Å². The largest absolute Gasteiger partial charge is 6.00 e. The van der Waals surface area contributed by atoms with Gasteiger partial charge in [0.1, 0.15) is 0 Å². The summed E-state index contributed by atoms with van der Waals surface area (Å²) >= 11 is 0. The first-order valence-electron chi connectivity index (χ1n) is 7.66. The first-order valence-corrected chi connectivity index (χ1v) is 7.66. The zero-order valence-electron chi connectivity index (χ0n) is 16.6. The molecule has 0 aliphatic heterocycles. The smallest absolute Gasteiger partial charge is 0.549 e. The van der Waals surface area contributed by atoms with Gasteiger partial charge >= 0.3 is 120 Å². The van der Waals surface area contributed by atoms with Crippen LogP contribution in [0.2, 0.25) is 0 Å². The van der Waals surface area contributed by atoms with Gasteiger partial charge in [0.15, 0.2) is 0 Å². The minimum Gasteiger partial charge on any atom is -0.549 e. The molecule has 0 bridgehead atoms. The molecular formula is C14H18FeK2N3O10+3. The summed E-state index contributed by atoms with van der Waals surface area (Å²) in [5.74, 6) is -7.67. The third-order valence-corrected chi connectivity index (χ3v) is 3.23. The number of carbonyl (C=O) groups is 5. The Kier molecular flexibility index (Phi) is 27.9. The van der Waals surface area contributed by atoms with Crippen LogP contribution in [0.4, 0.5) is 0 Å². The van der Waals surface area contributed by atoms with Crippen LogP contribution >= 0.6 is 0 Å². The molecule has 0 atom stereocenters. The third-order valence-electron chi connectivity index (χ3n) is 3.23. The maximum absolute atomic E-state index is 10.8. The fraction of sp³-hybridized carbons (Fsp3) is 0.643. The van der Waals surface area contributed by atoms with E-state index in [1.165, 1.54) is 4.90 Å². The summed E-state index contributed by atoms with van der Waals surface area (Å²) < 4.78 is 0. The minimum atomic E-state index is -1.54. The van der Waals surface area contributed by atoms with Crippen molar-refractivity contribution in [2.75, 3.05) is 58.9 Å². The Balaban J connectivity index is -0.00000113. The summed E-state index contributed by atoms with van der Waals surface area (Å²) in [5, 5.41) is 53.3. The van der Waals surface area contributed by atoms with E-state index in [4.69, 9.17) is 0 Å². The zero-order valence-corrected chi connectivity index (χ0v) is 24.0. The van der Waals surface area contributed by atoms with E-state index in [0.29, 0.717) is 0 Å². The molecule has 0 aliphatic rings. The monoisotopic (exact) mass is 522 g/mol. The number of carboxylic acid groups (broad SMARTS) is 5. The van der Waals surface area contributed by atoms with E-state index >= 15 is 0 Å². The summed E-state index contributed by atoms with van der Waals surface area (Å²) in [7, 11) is 0. The summed E-state index contributed by atoms with van der Waals surface area (Å²) in [5.41, 5.74) is 0. The second-order valence-corrected chi connectivity index (χ2v) is 5.56. The van der Waals surface area contributed by atoms with Gasteiger partial charge in [-0.1, -0.05) is 0 Å². The molecular weight excluding hydrogens is 504 g/mol. The van der Waals surface area contributed by atoms with Crippen molar-refractivity contribution in [2.45, 2.75) is 0 Å². The number of hydrogen-bond donors (Lipinski definition) is 0. The normalized spacial score (nSPS) is 9.97. The maximum atomic E-state index is 10.8. The van der Waals surface area contributed by atoms with Crippen LogP contribution in [0.1, 0.15) is 0 Å². The standard InChI is InChI=1S/C14H23N3O10.Fe.2K/c18-10(19)5-15(1-3-16(6-11(20)21)7-12(22)23)2-4-17(8-13(24)25)9-14(26)27;;;/h1-9H2,(H,18,19)(H,20,21)(H,22,23)(H,24,25)(H,26,27);;;/q;+6;2*+1/p-5. The Morgan fingerprint density at radius 1 is 0.433 bits per heavy atom. The molecule has 0 aromatic carbocycles. The van der Waals surface area contributed by atoms with Crippen molar-refractivity contribution < 1.29 is 169 Å². The van der Waals surface area contributed by atoms with Crippen molar-refractivity contribution >= 4 is 29.8 Å². The second kappa shape index (κ2) is 21.8. The molecule has 30 heavy (non-hydrogen) atoms. The van der Waals surface area contributed by atoms with Crippen LogP contribution in [0, 0.1) is 0 Å². The van der Waals surface area contributed by atoms with Gasteiger partial charge < -0.3 is 49.5 Å².